The van der Waals surface area contributed by atoms with Gasteiger partial charge < -0.3 is 0 Å². The Bertz CT molecular complexity index is 1520. The molecule has 0 atom stereocenters. The lowest BCUT2D eigenvalue weighted by Crippen LogP contribution is -2.31. The molecule has 0 N–H and O–H groups in total. The fourth-order valence-electron chi connectivity index (χ4n) is 4.23. The molecule has 38 heavy (non-hydrogen) atoms. The topological polar surface area (TPSA) is 56.9 Å². The smallest absolute Gasteiger partial charge is 0.298 e. The summed E-state index contributed by atoms with van der Waals surface area (Å²) in [6, 6.07) is 17.4. The van der Waals surface area contributed by atoms with Gasteiger partial charge >= 0.3 is 11.9 Å². The zero-order valence-electron chi connectivity index (χ0n) is 20.6. The Labute approximate surface area is 221 Å². The van der Waals surface area contributed by atoms with E-state index >= 15 is 0 Å². The first-order valence-corrected chi connectivity index (χ1v) is 12.1. The van der Waals surface area contributed by atoms with Gasteiger partial charge in [0.15, 0.2) is 11.6 Å². The average Bonchev–Trinajstić information content (AvgIpc) is 3.15. The molecule has 0 saturated carbocycles. The van der Waals surface area contributed by atoms with Gasteiger partial charge in [0.1, 0.15) is 12.4 Å². The van der Waals surface area contributed by atoms with Crippen LogP contribution in [0.4, 0.5) is 17.6 Å². The molecule has 0 aliphatic rings. The van der Waals surface area contributed by atoms with Gasteiger partial charge in [-0.05, 0) is 47.4 Å². The second-order valence-electron chi connectivity index (χ2n) is 9.63. The molecular formula is C28H24ClF4N3O2. The summed E-state index contributed by atoms with van der Waals surface area (Å²) in [6.07, 6.45) is -4.64. The molecule has 4 rings (SSSR count). The van der Waals surface area contributed by atoms with Gasteiger partial charge in [0.2, 0.25) is 0 Å². The number of aromatic nitrogens is 3. The van der Waals surface area contributed by atoms with Gasteiger partial charge in [-0.1, -0.05) is 61.8 Å². The first kappa shape index (κ1) is 27.3. The first-order valence-electron chi connectivity index (χ1n) is 11.7. The zero-order chi connectivity index (χ0) is 27.7. The van der Waals surface area contributed by atoms with Crippen LogP contribution < -0.4 is 5.69 Å². The molecular weight excluding hydrogens is 522 g/mol. The highest BCUT2D eigenvalue weighted by Gasteiger charge is 2.33. The third-order valence-corrected chi connectivity index (χ3v) is 6.50. The SMILES string of the molecule is CC(C)(CC(=O)Cn1nc(-c2ccc(Cl)cc2)n(Cc2ccccc2F)c1=O)c1cccc(C(F)(F)F)c1. The minimum Gasteiger partial charge on any atom is -0.298 e. The number of benzene rings is 3. The van der Waals surface area contributed by atoms with Crippen LogP contribution >= 0.6 is 11.6 Å². The summed E-state index contributed by atoms with van der Waals surface area (Å²) in [6.45, 7) is 2.82. The van der Waals surface area contributed by atoms with E-state index in [0.717, 1.165) is 16.8 Å². The van der Waals surface area contributed by atoms with E-state index in [4.69, 9.17) is 11.6 Å². The highest BCUT2D eigenvalue weighted by molar-refractivity contribution is 6.30. The van der Waals surface area contributed by atoms with Crippen LogP contribution in [0.1, 0.15) is 37.0 Å². The number of rotatable bonds is 8. The Morgan fingerprint density at radius 1 is 0.947 bits per heavy atom. The summed E-state index contributed by atoms with van der Waals surface area (Å²) in [7, 11) is 0. The van der Waals surface area contributed by atoms with Crippen LogP contribution in [-0.4, -0.2) is 20.1 Å². The first-order chi connectivity index (χ1) is 17.8. The highest BCUT2D eigenvalue weighted by Crippen LogP contribution is 2.34. The largest absolute Gasteiger partial charge is 0.416 e. The summed E-state index contributed by atoms with van der Waals surface area (Å²) in [4.78, 5) is 26.4. The van der Waals surface area contributed by atoms with E-state index in [1.807, 2.05) is 0 Å². The molecule has 0 spiro atoms. The fraction of sp³-hybridized carbons (Fsp3) is 0.250. The summed E-state index contributed by atoms with van der Waals surface area (Å²) >= 11 is 5.99. The van der Waals surface area contributed by atoms with Crippen LogP contribution in [0.25, 0.3) is 11.4 Å². The van der Waals surface area contributed by atoms with E-state index < -0.39 is 41.0 Å². The number of nitrogens with zero attached hydrogens (tertiary/aromatic N) is 3. The molecule has 4 aromatic rings. The molecule has 0 amide bonds. The lowest BCUT2D eigenvalue weighted by atomic mass is 9.79. The van der Waals surface area contributed by atoms with Gasteiger partial charge in [0.05, 0.1) is 12.1 Å². The molecule has 5 nitrogen and oxygen atoms in total. The Morgan fingerprint density at radius 3 is 2.26 bits per heavy atom. The van der Waals surface area contributed by atoms with Gasteiger partial charge in [-0.2, -0.15) is 13.2 Å². The second-order valence-corrected chi connectivity index (χ2v) is 10.1. The van der Waals surface area contributed by atoms with Gasteiger partial charge in [-0.25, -0.2) is 13.9 Å². The maximum Gasteiger partial charge on any atom is 0.416 e. The van der Waals surface area contributed by atoms with Crippen molar-refractivity contribution in [2.75, 3.05) is 0 Å². The minimum atomic E-state index is -4.51. The minimum absolute atomic E-state index is 0.118. The molecule has 0 radical (unpaired) electrons. The van der Waals surface area contributed by atoms with Gasteiger partial charge in [0, 0.05) is 22.6 Å². The normalized spacial score (nSPS) is 12.1. The molecule has 0 unspecified atom stereocenters. The van der Waals surface area contributed by atoms with E-state index in [0.29, 0.717) is 16.1 Å². The fourth-order valence-corrected chi connectivity index (χ4v) is 4.36. The van der Waals surface area contributed by atoms with Crippen molar-refractivity contribution in [3.63, 3.8) is 0 Å². The van der Waals surface area contributed by atoms with Crippen LogP contribution in [0, 0.1) is 5.82 Å². The molecule has 0 bridgehead atoms. The molecule has 1 aromatic heterocycles. The second kappa shape index (κ2) is 10.6. The number of ketones is 1. The maximum atomic E-state index is 14.4. The van der Waals surface area contributed by atoms with E-state index in [9.17, 15) is 27.2 Å². The lowest BCUT2D eigenvalue weighted by molar-refractivity contribution is -0.137. The molecule has 10 heteroatoms. The lowest BCUT2D eigenvalue weighted by Gasteiger charge is -2.25. The Kier molecular flexibility index (Phi) is 7.60. The highest BCUT2D eigenvalue weighted by atomic mass is 35.5. The summed E-state index contributed by atoms with van der Waals surface area (Å²) in [5.41, 5.74) is -1.20. The van der Waals surface area contributed by atoms with Crippen LogP contribution in [0.15, 0.2) is 77.6 Å². The van der Waals surface area contributed by atoms with Crippen molar-refractivity contribution in [3.8, 4) is 11.4 Å². The number of Topliss-reactive ketones (excluding diaryl/α,β-unsaturated/α-hetero) is 1. The van der Waals surface area contributed by atoms with Crippen LogP contribution in [-0.2, 0) is 29.5 Å². The van der Waals surface area contributed by atoms with Crippen molar-refractivity contribution in [2.24, 2.45) is 0 Å². The van der Waals surface area contributed by atoms with Gasteiger partial charge in [-0.3, -0.25) is 9.36 Å². The molecule has 0 saturated heterocycles. The number of halogens is 5. The molecule has 3 aromatic carbocycles. The van der Waals surface area contributed by atoms with E-state index in [2.05, 4.69) is 5.10 Å². The zero-order valence-corrected chi connectivity index (χ0v) is 21.4. The Morgan fingerprint density at radius 2 is 1.61 bits per heavy atom. The van der Waals surface area contributed by atoms with E-state index in [-0.39, 0.29) is 24.4 Å². The molecule has 0 aliphatic heterocycles. The predicted molar refractivity (Wildman–Crippen MR) is 137 cm³/mol. The van der Waals surface area contributed by atoms with Gasteiger partial charge in [-0.15, -0.1) is 5.10 Å². The van der Waals surface area contributed by atoms with Crippen LogP contribution in [0.5, 0.6) is 0 Å². The average molecular weight is 546 g/mol. The number of hydrogen-bond acceptors (Lipinski definition) is 3. The Balaban J connectivity index is 1.64. The summed E-state index contributed by atoms with van der Waals surface area (Å²) in [5, 5.41) is 4.83. The number of carbonyl (C=O) groups excluding carboxylic acids is 1. The molecule has 0 fully saturated rings. The molecule has 0 aliphatic carbocycles. The number of hydrogen-bond donors (Lipinski definition) is 0. The number of carbonyl (C=O) groups is 1. The number of alkyl halides is 3. The summed E-state index contributed by atoms with van der Waals surface area (Å²) in [5.74, 6) is -0.666. The summed E-state index contributed by atoms with van der Waals surface area (Å²) < 4.78 is 56.2. The van der Waals surface area contributed by atoms with Crippen molar-refractivity contribution in [2.45, 2.75) is 44.9 Å². The van der Waals surface area contributed by atoms with E-state index in [1.165, 1.54) is 28.8 Å². The van der Waals surface area contributed by atoms with Crippen molar-refractivity contribution < 1.29 is 22.4 Å². The third-order valence-electron chi connectivity index (χ3n) is 6.25. The monoisotopic (exact) mass is 545 g/mol. The van der Waals surface area contributed by atoms with E-state index in [1.54, 1.807) is 50.2 Å². The maximum absolute atomic E-state index is 14.4. The molecule has 1 heterocycles. The quantitative estimate of drug-likeness (QED) is 0.237. The van der Waals surface area contributed by atoms with Crippen molar-refractivity contribution in [3.05, 3.63) is 111 Å². The third kappa shape index (κ3) is 6.05. The standard InChI is InChI=1S/C28H24ClF4N3O2/c1-27(2,20-7-5-8-21(14-20)28(31,32)33)15-23(37)17-36-26(38)35(16-19-6-3-4-9-24(19)30)25(34-36)18-10-12-22(29)13-11-18/h3-14H,15-17H2,1-2H3. The molecule has 198 valence electrons. The van der Waals surface area contributed by atoms with Crippen LogP contribution in [0.3, 0.4) is 0 Å². The van der Waals surface area contributed by atoms with Crippen LogP contribution in [0.2, 0.25) is 5.02 Å². The van der Waals surface area contributed by atoms with Crippen molar-refractivity contribution in [1.29, 1.82) is 0 Å². The Hall–Kier alpha value is -3.72. The van der Waals surface area contributed by atoms with Crippen molar-refractivity contribution >= 4 is 17.4 Å². The predicted octanol–water partition coefficient (Wildman–Crippen LogP) is 6.51. The van der Waals surface area contributed by atoms with Crippen molar-refractivity contribution in [1.82, 2.24) is 14.3 Å². The van der Waals surface area contributed by atoms with Gasteiger partial charge in [0.25, 0.3) is 0 Å².